The van der Waals surface area contributed by atoms with Crippen LogP contribution >= 0.6 is 15.9 Å². The van der Waals surface area contributed by atoms with Gasteiger partial charge in [0.1, 0.15) is 0 Å². The quantitative estimate of drug-likeness (QED) is 0.668. The Morgan fingerprint density at radius 2 is 1.90 bits per heavy atom. The summed E-state index contributed by atoms with van der Waals surface area (Å²) in [5.74, 6) is 1.18. The highest BCUT2D eigenvalue weighted by atomic mass is 79.9. The molecule has 1 N–H and O–H groups in total. The van der Waals surface area contributed by atoms with Gasteiger partial charge in [-0.15, -0.1) is 0 Å². The molecule has 0 unspecified atom stereocenters. The van der Waals surface area contributed by atoms with E-state index in [0.29, 0.717) is 17.9 Å². The fraction of sp³-hybridized carbons (Fsp3) is 0.263. The van der Waals surface area contributed by atoms with Crippen molar-refractivity contribution in [2.24, 2.45) is 5.92 Å². The van der Waals surface area contributed by atoms with Crippen molar-refractivity contribution >= 4 is 21.6 Å². The predicted molar refractivity (Wildman–Crippen MR) is 91.7 cm³/mol. The minimum Gasteiger partial charge on any atom is -0.378 e. The van der Waals surface area contributed by atoms with Crippen LogP contribution in [-0.4, -0.2) is 0 Å². The average Bonchev–Trinajstić information content (AvgIpc) is 2.97. The fourth-order valence-electron chi connectivity index (χ4n) is 3.71. The molecule has 1 aliphatic carbocycles. The van der Waals surface area contributed by atoms with Gasteiger partial charge in [-0.05, 0) is 48.6 Å². The lowest BCUT2D eigenvalue weighted by Crippen LogP contribution is -2.29. The number of aryl methyl sites for hydroxylation is 1. The third-order valence-electron chi connectivity index (χ3n) is 4.75. The first-order valence-electron chi connectivity index (χ1n) is 7.51. The largest absolute Gasteiger partial charge is 0.378 e. The van der Waals surface area contributed by atoms with Gasteiger partial charge in [0.2, 0.25) is 0 Å². The molecule has 0 saturated heterocycles. The summed E-state index contributed by atoms with van der Waals surface area (Å²) in [5, 5.41) is 3.78. The fourth-order valence-corrected chi connectivity index (χ4v) is 3.98. The summed E-state index contributed by atoms with van der Waals surface area (Å²) in [6, 6.07) is 15.9. The molecule has 0 fully saturated rings. The van der Waals surface area contributed by atoms with Gasteiger partial charge in [0.15, 0.2) is 0 Å². The summed E-state index contributed by atoms with van der Waals surface area (Å²) in [5.41, 5.74) is 5.48. The molecular formula is C19H18BrN. The number of fused-ring (bicyclic) bond motifs is 3. The molecule has 2 aliphatic rings. The van der Waals surface area contributed by atoms with Gasteiger partial charge < -0.3 is 5.32 Å². The van der Waals surface area contributed by atoms with Gasteiger partial charge in [-0.1, -0.05) is 57.9 Å². The second-order valence-electron chi connectivity index (χ2n) is 6.12. The van der Waals surface area contributed by atoms with Crippen LogP contribution in [0.1, 0.15) is 35.1 Å². The van der Waals surface area contributed by atoms with Crippen LogP contribution < -0.4 is 5.32 Å². The van der Waals surface area contributed by atoms with Crippen molar-refractivity contribution in [3.8, 4) is 0 Å². The van der Waals surface area contributed by atoms with Gasteiger partial charge in [0.25, 0.3) is 0 Å². The third kappa shape index (κ3) is 2.22. The Balaban J connectivity index is 1.78. The molecule has 2 aromatic carbocycles. The highest BCUT2D eigenvalue weighted by Gasteiger charge is 2.37. The Hall–Kier alpha value is -1.54. The number of hydrogen-bond acceptors (Lipinski definition) is 1. The highest BCUT2D eigenvalue weighted by molar-refractivity contribution is 9.10. The van der Waals surface area contributed by atoms with E-state index in [9.17, 15) is 0 Å². The average molecular weight is 340 g/mol. The molecular weight excluding hydrogens is 322 g/mol. The van der Waals surface area contributed by atoms with Gasteiger partial charge in [0, 0.05) is 16.1 Å². The molecule has 0 spiro atoms. The van der Waals surface area contributed by atoms with Crippen molar-refractivity contribution in [3.63, 3.8) is 0 Å². The minimum atomic E-state index is 0.397. The molecule has 21 heavy (non-hydrogen) atoms. The molecule has 1 nitrogen and oxygen atoms in total. The summed E-state index contributed by atoms with van der Waals surface area (Å²) in [4.78, 5) is 0. The lowest BCUT2D eigenvalue weighted by molar-refractivity contribution is 0.425. The number of hydrogen-bond donors (Lipinski definition) is 1. The maximum Gasteiger partial charge on any atom is 0.0553 e. The second kappa shape index (κ2) is 5.03. The van der Waals surface area contributed by atoms with Crippen LogP contribution in [0, 0.1) is 12.8 Å². The summed E-state index contributed by atoms with van der Waals surface area (Å²) in [7, 11) is 0. The molecule has 0 saturated carbocycles. The molecule has 2 aromatic rings. The van der Waals surface area contributed by atoms with E-state index in [1.54, 1.807) is 0 Å². The van der Waals surface area contributed by atoms with E-state index in [2.05, 4.69) is 82.8 Å². The maximum absolute atomic E-state index is 3.78. The van der Waals surface area contributed by atoms with Crippen molar-refractivity contribution in [2.75, 3.05) is 5.32 Å². The standard InChI is InChI=1S/C19H18BrN/c1-12-5-10-18-17(11-12)15-3-2-4-16(15)19(21-18)13-6-8-14(20)9-7-13/h2-3,5-11,15-16,19,21H,4H2,1H3/t15-,16-,19+/m1/s1. The zero-order valence-electron chi connectivity index (χ0n) is 12.0. The Morgan fingerprint density at radius 3 is 2.71 bits per heavy atom. The Kier molecular flexibility index (Phi) is 3.15. The molecule has 4 rings (SSSR count). The molecule has 0 aromatic heterocycles. The van der Waals surface area contributed by atoms with Crippen molar-refractivity contribution in [1.29, 1.82) is 0 Å². The summed E-state index contributed by atoms with van der Waals surface area (Å²) >= 11 is 3.53. The van der Waals surface area contributed by atoms with Crippen molar-refractivity contribution in [2.45, 2.75) is 25.3 Å². The Labute approximate surface area is 134 Å². The Bertz CT molecular complexity index is 702. The van der Waals surface area contributed by atoms with E-state index in [1.165, 1.54) is 22.4 Å². The molecule has 1 aliphatic heterocycles. The van der Waals surface area contributed by atoms with Crippen molar-refractivity contribution in [3.05, 3.63) is 75.8 Å². The summed E-state index contributed by atoms with van der Waals surface area (Å²) in [6.07, 6.45) is 5.90. The first kappa shape index (κ1) is 13.1. The lowest BCUT2D eigenvalue weighted by Gasteiger charge is -2.37. The van der Waals surface area contributed by atoms with Crippen LogP contribution in [0.3, 0.4) is 0 Å². The van der Waals surface area contributed by atoms with E-state index in [-0.39, 0.29) is 0 Å². The second-order valence-corrected chi connectivity index (χ2v) is 7.03. The van der Waals surface area contributed by atoms with E-state index in [1.807, 2.05) is 0 Å². The van der Waals surface area contributed by atoms with E-state index >= 15 is 0 Å². The number of allylic oxidation sites excluding steroid dienone is 2. The first-order valence-corrected chi connectivity index (χ1v) is 8.31. The van der Waals surface area contributed by atoms with Crippen LogP contribution in [0.25, 0.3) is 0 Å². The van der Waals surface area contributed by atoms with Crippen LogP contribution in [0.5, 0.6) is 0 Å². The first-order chi connectivity index (χ1) is 10.2. The minimum absolute atomic E-state index is 0.397. The molecule has 0 bridgehead atoms. The van der Waals surface area contributed by atoms with Gasteiger partial charge >= 0.3 is 0 Å². The van der Waals surface area contributed by atoms with E-state index < -0.39 is 0 Å². The monoisotopic (exact) mass is 339 g/mol. The number of rotatable bonds is 1. The number of halogens is 1. The van der Waals surface area contributed by atoms with Gasteiger partial charge in [-0.25, -0.2) is 0 Å². The number of benzene rings is 2. The van der Waals surface area contributed by atoms with Gasteiger partial charge in [-0.2, -0.15) is 0 Å². The van der Waals surface area contributed by atoms with Crippen molar-refractivity contribution < 1.29 is 0 Å². The smallest absolute Gasteiger partial charge is 0.0553 e. The van der Waals surface area contributed by atoms with Crippen LogP contribution in [0.15, 0.2) is 59.1 Å². The van der Waals surface area contributed by atoms with Crippen molar-refractivity contribution in [1.82, 2.24) is 0 Å². The van der Waals surface area contributed by atoms with Crippen LogP contribution in [0.4, 0.5) is 5.69 Å². The van der Waals surface area contributed by atoms with Gasteiger partial charge in [-0.3, -0.25) is 0 Å². The topological polar surface area (TPSA) is 12.0 Å². The molecule has 0 amide bonds. The molecule has 3 atom stereocenters. The summed E-state index contributed by atoms with van der Waals surface area (Å²) in [6.45, 7) is 2.18. The van der Waals surface area contributed by atoms with Crippen LogP contribution in [-0.2, 0) is 0 Å². The molecule has 1 heterocycles. The maximum atomic E-state index is 3.78. The third-order valence-corrected chi connectivity index (χ3v) is 5.28. The normalized spacial score (nSPS) is 26.1. The molecule has 106 valence electrons. The molecule has 2 heteroatoms. The zero-order chi connectivity index (χ0) is 14.4. The van der Waals surface area contributed by atoms with E-state index in [0.717, 1.165) is 10.9 Å². The van der Waals surface area contributed by atoms with E-state index in [4.69, 9.17) is 0 Å². The summed E-state index contributed by atoms with van der Waals surface area (Å²) < 4.78 is 1.14. The predicted octanol–water partition coefficient (Wildman–Crippen LogP) is 5.58. The molecule has 0 radical (unpaired) electrons. The van der Waals surface area contributed by atoms with Gasteiger partial charge in [0.05, 0.1) is 6.04 Å². The zero-order valence-corrected chi connectivity index (χ0v) is 13.6. The van der Waals surface area contributed by atoms with Crippen LogP contribution in [0.2, 0.25) is 0 Å². The number of nitrogens with one attached hydrogen (secondary N) is 1. The lowest BCUT2D eigenvalue weighted by atomic mass is 9.77. The Morgan fingerprint density at radius 1 is 1.10 bits per heavy atom. The SMILES string of the molecule is Cc1ccc2c(c1)[C@@H]1C=CC[C@H]1[C@H](c1ccc(Br)cc1)N2. The highest BCUT2D eigenvalue weighted by Crippen LogP contribution is 2.49. The number of anilines is 1.